The second-order valence-electron chi connectivity index (χ2n) is 5.07. The molecule has 0 heterocycles. The number of amides is 2. The number of nitrogens with zero attached hydrogens (tertiary/aromatic N) is 1. The molecule has 0 radical (unpaired) electrons. The molecular weight excluding hydrogens is 398 g/mol. The van der Waals surface area contributed by atoms with E-state index < -0.39 is 5.91 Å². The van der Waals surface area contributed by atoms with E-state index in [1.54, 1.807) is 24.3 Å². The van der Waals surface area contributed by atoms with Gasteiger partial charge in [0.05, 0.1) is 6.21 Å². The molecule has 0 saturated heterocycles. The monoisotopic (exact) mass is 413 g/mol. The molecule has 0 fully saturated rings. The highest BCUT2D eigenvalue weighted by molar-refractivity contribution is 9.12. The zero-order valence-electron chi connectivity index (χ0n) is 13.6. The summed E-state index contributed by atoms with van der Waals surface area (Å²) in [6.07, 6.45) is 5.99. The van der Waals surface area contributed by atoms with Crippen LogP contribution in [0.3, 0.4) is 0 Å². The number of hydroxylamine groups is 1. The van der Waals surface area contributed by atoms with Crippen LogP contribution in [0.5, 0.6) is 0 Å². The van der Waals surface area contributed by atoms with Gasteiger partial charge in [0.25, 0.3) is 11.8 Å². The van der Waals surface area contributed by atoms with Crippen molar-refractivity contribution < 1.29 is 14.8 Å². The Bertz CT molecular complexity index is 861. The molecule has 0 aromatic heterocycles. The number of allylic oxidation sites excluding steroid dienone is 1. The summed E-state index contributed by atoms with van der Waals surface area (Å²) in [6.45, 7) is 0. The van der Waals surface area contributed by atoms with Gasteiger partial charge in [0.2, 0.25) is 0 Å². The lowest BCUT2D eigenvalue weighted by atomic mass is 10.1. The molecule has 2 rings (SSSR count). The van der Waals surface area contributed by atoms with Crippen LogP contribution in [0.2, 0.25) is 0 Å². The van der Waals surface area contributed by atoms with Crippen molar-refractivity contribution in [2.75, 3.05) is 0 Å². The maximum atomic E-state index is 12.1. The number of nitrogens with one attached hydrogen (secondary N) is 2. The molecule has 6 nitrogen and oxygen atoms in total. The van der Waals surface area contributed by atoms with Crippen molar-refractivity contribution in [2.24, 2.45) is 5.10 Å². The summed E-state index contributed by atoms with van der Waals surface area (Å²) in [7, 11) is 0. The third-order valence-corrected chi connectivity index (χ3v) is 3.58. The smallest absolute Gasteiger partial charge is 0.271 e. The standard InChI is InChI=1S/C19H16BrN3O3/c20-17(12-14-5-2-1-3-6-14)13-21-22-19(25)16-8-4-7-15(11-16)9-10-18(24)23-26/h1-13,26H,(H,22,25)(H,23,24)/b10-9+,17-12-,21-13+. The largest absolute Gasteiger partial charge is 0.288 e. The summed E-state index contributed by atoms with van der Waals surface area (Å²) >= 11 is 3.37. The van der Waals surface area contributed by atoms with Gasteiger partial charge in [-0.3, -0.25) is 14.8 Å². The van der Waals surface area contributed by atoms with Gasteiger partial charge in [0.15, 0.2) is 0 Å². The Morgan fingerprint density at radius 2 is 1.77 bits per heavy atom. The van der Waals surface area contributed by atoms with Crippen LogP contribution in [0.25, 0.3) is 12.2 Å². The minimum absolute atomic E-state index is 0.386. The summed E-state index contributed by atoms with van der Waals surface area (Å²) in [4.78, 5) is 23.1. The van der Waals surface area contributed by atoms with Gasteiger partial charge in [-0.15, -0.1) is 0 Å². The topological polar surface area (TPSA) is 90.8 Å². The second-order valence-corrected chi connectivity index (χ2v) is 5.99. The van der Waals surface area contributed by atoms with Crippen LogP contribution in [-0.4, -0.2) is 23.2 Å². The molecule has 0 spiro atoms. The molecule has 0 atom stereocenters. The Hall–Kier alpha value is -3.03. The van der Waals surface area contributed by atoms with Gasteiger partial charge in [-0.05, 0) is 51.3 Å². The highest BCUT2D eigenvalue weighted by Gasteiger charge is 2.04. The van der Waals surface area contributed by atoms with Crippen molar-refractivity contribution in [1.82, 2.24) is 10.9 Å². The average molecular weight is 414 g/mol. The highest BCUT2D eigenvalue weighted by atomic mass is 79.9. The first-order valence-electron chi connectivity index (χ1n) is 7.56. The van der Waals surface area contributed by atoms with Crippen molar-refractivity contribution in [3.8, 4) is 0 Å². The SMILES string of the molecule is O=C(/C=C/c1cccc(C(=O)N/N=C/C(Br)=C/c2ccccc2)c1)NO. The number of benzene rings is 2. The summed E-state index contributed by atoms with van der Waals surface area (Å²) in [5, 5.41) is 12.4. The first kappa shape index (κ1) is 19.3. The van der Waals surface area contributed by atoms with E-state index in [1.165, 1.54) is 17.8 Å². The first-order chi connectivity index (χ1) is 12.6. The maximum absolute atomic E-state index is 12.1. The van der Waals surface area contributed by atoms with Gasteiger partial charge in [0, 0.05) is 16.1 Å². The Morgan fingerprint density at radius 3 is 2.50 bits per heavy atom. The van der Waals surface area contributed by atoms with E-state index in [0.717, 1.165) is 11.6 Å². The molecule has 0 aliphatic carbocycles. The number of carbonyl (C=O) groups is 2. The van der Waals surface area contributed by atoms with Crippen molar-refractivity contribution in [3.05, 3.63) is 81.8 Å². The van der Waals surface area contributed by atoms with Crippen molar-refractivity contribution in [1.29, 1.82) is 0 Å². The van der Waals surface area contributed by atoms with E-state index >= 15 is 0 Å². The summed E-state index contributed by atoms with van der Waals surface area (Å²) < 4.78 is 0.704. The predicted molar refractivity (Wildman–Crippen MR) is 105 cm³/mol. The lowest BCUT2D eigenvalue weighted by Crippen LogP contribution is -2.17. The molecule has 0 aliphatic rings. The third-order valence-electron chi connectivity index (χ3n) is 3.14. The molecule has 7 heteroatoms. The predicted octanol–water partition coefficient (Wildman–Crippen LogP) is 3.36. The molecule has 3 N–H and O–H groups in total. The zero-order valence-corrected chi connectivity index (χ0v) is 15.2. The first-order valence-corrected chi connectivity index (χ1v) is 8.35. The molecule has 0 saturated carbocycles. The van der Waals surface area contributed by atoms with Crippen LogP contribution in [0.15, 0.2) is 70.3 Å². The number of hydrogen-bond acceptors (Lipinski definition) is 4. The molecule has 0 bridgehead atoms. The molecule has 2 amide bonds. The Kier molecular flexibility index (Phi) is 7.48. The van der Waals surface area contributed by atoms with Gasteiger partial charge in [-0.1, -0.05) is 42.5 Å². The van der Waals surface area contributed by atoms with Gasteiger partial charge in [-0.25, -0.2) is 10.9 Å². The third kappa shape index (κ3) is 6.46. The van der Waals surface area contributed by atoms with Gasteiger partial charge in [-0.2, -0.15) is 5.10 Å². The summed E-state index contributed by atoms with van der Waals surface area (Å²) in [6, 6.07) is 16.3. The fraction of sp³-hybridized carbons (Fsp3) is 0. The highest BCUT2D eigenvalue weighted by Crippen LogP contribution is 2.10. The Morgan fingerprint density at radius 1 is 1.04 bits per heavy atom. The van der Waals surface area contributed by atoms with Gasteiger partial charge in [0.1, 0.15) is 0 Å². The van der Waals surface area contributed by atoms with Crippen LogP contribution in [-0.2, 0) is 4.79 Å². The maximum Gasteiger partial charge on any atom is 0.271 e. The van der Waals surface area contributed by atoms with Crippen LogP contribution in [0.1, 0.15) is 21.5 Å². The average Bonchev–Trinajstić information content (AvgIpc) is 2.67. The number of halogens is 1. The number of carbonyl (C=O) groups excluding carboxylic acids is 2. The fourth-order valence-electron chi connectivity index (χ4n) is 1.96. The van der Waals surface area contributed by atoms with Crippen LogP contribution < -0.4 is 10.9 Å². The molecule has 0 aliphatic heterocycles. The van der Waals surface area contributed by atoms with Crippen LogP contribution >= 0.6 is 15.9 Å². The lowest BCUT2D eigenvalue weighted by Gasteiger charge is -2.01. The molecular formula is C19H16BrN3O3. The molecule has 2 aromatic carbocycles. The van der Waals surface area contributed by atoms with E-state index in [9.17, 15) is 9.59 Å². The van der Waals surface area contributed by atoms with Crippen LogP contribution in [0.4, 0.5) is 0 Å². The van der Waals surface area contributed by atoms with Gasteiger partial charge >= 0.3 is 0 Å². The summed E-state index contributed by atoms with van der Waals surface area (Å²) in [5.74, 6) is -1.04. The summed E-state index contributed by atoms with van der Waals surface area (Å²) in [5.41, 5.74) is 5.95. The van der Waals surface area contributed by atoms with Crippen LogP contribution in [0, 0.1) is 0 Å². The minimum atomic E-state index is -0.653. The normalized spacial score (nSPS) is 11.7. The number of hydrazone groups is 1. The van der Waals surface area contributed by atoms with Gasteiger partial charge < -0.3 is 0 Å². The molecule has 2 aromatic rings. The molecule has 26 heavy (non-hydrogen) atoms. The van der Waals surface area contributed by atoms with E-state index in [1.807, 2.05) is 36.4 Å². The van der Waals surface area contributed by atoms with E-state index in [-0.39, 0.29) is 5.91 Å². The van der Waals surface area contributed by atoms with Crippen molar-refractivity contribution in [3.63, 3.8) is 0 Å². The number of hydrogen-bond donors (Lipinski definition) is 3. The minimum Gasteiger partial charge on any atom is -0.288 e. The Balaban J connectivity index is 1.98. The fourth-order valence-corrected chi connectivity index (χ4v) is 2.32. The van der Waals surface area contributed by atoms with Crippen molar-refractivity contribution >= 4 is 46.1 Å². The van der Waals surface area contributed by atoms with E-state index in [2.05, 4.69) is 26.5 Å². The Labute approximate surface area is 159 Å². The second kappa shape index (κ2) is 10.1. The number of rotatable bonds is 6. The molecule has 132 valence electrons. The zero-order chi connectivity index (χ0) is 18.8. The quantitative estimate of drug-likeness (QED) is 0.293. The van der Waals surface area contributed by atoms with E-state index in [0.29, 0.717) is 15.6 Å². The molecule has 0 unspecified atom stereocenters. The lowest BCUT2D eigenvalue weighted by molar-refractivity contribution is -0.124. The van der Waals surface area contributed by atoms with E-state index in [4.69, 9.17) is 5.21 Å². The van der Waals surface area contributed by atoms with Crippen molar-refractivity contribution in [2.45, 2.75) is 0 Å².